The largest absolute Gasteiger partial charge is 0.508 e. The summed E-state index contributed by atoms with van der Waals surface area (Å²) in [6.45, 7) is 4.74. The molecule has 0 bridgehead atoms. The molecule has 3 aromatic rings. The number of methoxy groups -OCH3 is 2. The molecule has 4 heterocycles. The van der Waals surface area contributed by atoms with Crippen LogP contribution in [0.5, 0.6) is 17.2 Å². The minimum atomic E-state index is 0.0454. The predicted octanol–water partition coefficient (Wildman–Crippen LogP) is 5.02. The molecule has 2 aromatic carbocycles. The first kappa shape index (κ1) is 23.6. The van der Waals surface area contributed by atoms with Crippen LogP contribution in [0.2, 0.25) is 0 Å². The number of rotatable bonds is 5. The number of hydrogen-bond donors (Lipinski definition) is 4. The second kappa shape index (κ2) is 8.98. The van der Waals surface area contributed by atoms with Gasteiger partial charge in [0.1, 0.15) is 24.9 Å². The Labute approximate surface area is 212 Å². The molecule has 1 aromatic heterocycles. The van der Waals surface area contributed by atoms with Crippen molar-refractivity contribution >= 4 is 10.9 Å². The van der Waals surface area contributed by atoms with E-state index >= 15 is 0 Å². The molecular formula is C29H38N3O4+. The number of ether oxygens (including phenoxy) is 2. The van der Waals surface area contributed by atoms with Crippen LogP contribution in [0.15, 0.2) is 30.3 Å². The minimum Gasteiger partial charge on any atom is -0.508 e. The van der Waals surface area contributed by atoms with Crippen LogP contribution in [0.4, 0.5) is 0 Å². The molecular weight excluding hydrogens is 454 g/mol. The van der Waals surface area contributed by atoms with Crippen LogP contribution in [0.3, 0.4) is 0 Å². The first-order valence-corrected chi connectivity index (χ1v) is 13.3. The maximum absolute atomic E-state index is 11.9. The lowest BCUT2D eigenvalue weighted by molar-refractivity contribution is -1.13. The smallest absolute Gasteiger partial charge is 0.161 e. The Morgan fingerprint density at radius 3 is 2.64 bits per heavy atom. The average molecular weight is 493 g/mol. The van der Waals surface area contributed by atoms with Gasteiger partial charge in [0.25, 0.3) is 0 Å². The van der Waals surface area contributed by atoms with Crippen LogP contribution in [0.25, 0.3) is 10.9 Å². The average Bonchev–Trinajstić information content (AvgIpc) is 3.26. The quantitative estimate of drug-likeness (QED) is 0.376. The summed E-state index contributed by atoms with van der Waals surface area (Å²) in [5, 5.41) is 26.8. The predicted molar refractivity (Wildman–Crippen MR) is 139 cm³/mol. The number of hydroxylamine groups is 3. The number of nitrogens with one attached hydrogen (secondary N) is 2. The van der Waals surface area contributed by atoms with Crippen molar-refractivity contribution < 1.29 is 24.4 Å². The Balaban J connectivity index is 1.33. The third-order valence-corrected chi connectivity index (χ3v) is 9.20. The van der Waals surface area contributed by atoms with Gasteiger partial charge in [0.2, 0.25) is 0 Å². The Morgan fingerprint density at radius 1 is 1.06 bits per heavy atom. The highest BCUT2D eigenvalue weighted by Crippen LogP contribution is 2.50. The van der Waals surface area contributed by atoms with Crippen molar-refractivity contribution in [3.8, 4) is 17.2 Å². The first-order chi connectivity index (χ1) is 17.4. The van der Waals surface area contributed by atoms with Crippen LogP contribution < -0.4 is 14.8 Å². The second-order valence-electron chi connectivity index (χ2n) is 11.0. The number of H-pyrrole nitrogens is 1. The monoisotopic (exact) mass is 492 g/mol. The number of benzene rings is 2. The first-order valence-electron chi connectivity index (χ1n) is 13.3. The van der Waals surface area contributed by atoms with Crippen molar-refractivity contribution in [1.29, 1.82) is 0 Å². The van der Waals surface area contributed by atoms with E-state index in [0.29, 0.717) is 17.6 Å². The Hall–Kier alpha value is -2.74. The van der Waals surface area contributed by atoms with Gasteiger partial charge >= 0.3 is 0 Å². The number of phenolic OH excluding ortho intramolecular Hbond substituents is 1. The summed E-state index contributed by atoms with van der Waals surface area (Å²) in [5.41, 5.74) is 6.17. The number of piperidine rings is 1. The molecule has 0 unspecified atom stereocenters. The zero-order chi connectivity index (χ0) is 25.0. The normalized spacial score (nSPS) is 29.3. The van der Waals surface area contributed by atoms with E-state index in [4.69, 9.17) is 9.47 Å². The van der Waals surface area contributed by atoms with Gasteiger partial charge in [-0.2, -0.15) is 4.65 Å². The molecule has 1 saturated heterocycles. The van der Waals surface area contributed by atoms with E-state index in [0.717, 1.165) is 74.1 Å². The van der Waals surface area contributed by atoms with Gasteiger partial charge in [-0.1, -0.05) is 6.92 Å². The van der Waals surface area contributed by atoms with Gasteiger partial charge in [0, 0.05) is 47.0 Å². The minimum absolute atomic E-state index is 0.0454. The summed E-state index contributed by atoms with van der Waals surface area (Å²) in [6, 6.07) is 10.1. The molecule has 7 nitrogen and oxygen atoms in total. The Bertz CT molecular complexity index is 1290. The summed E-state index contributed by atoms with van der Waals surface area (Å²) in [7, 11) is 3.36. The molecule has 7 heteroatoms. The molecule has 0 saturated carbocycles. The van der Waals surface area contributed by atoms with Crippen LogP contribution in [0, 0.1) is 11.8 Å². The van der Waals surface area contributed by atoms with Crippen LogP contribution in [-0.2, 0) is 12.8 Å². The summed E-state index contributed by atoms with van der Waals surface area (Å²) in [4.78, 5) is 3.67. The number of nitrogens with zero attached hydrogens (tertiary/aromatic N) is 1. The summed E-state index contributed by atoms with van der Waals surface area (Å²) < 4.78 is 11.3. The molecule has 4 N–H and O–H groups in total. The molecule has 192 valence electrons. The van der Waals surface area contributed by atoms with Crippen molar-refractivity contribution in [3.05, 3.63) is 52.7 Å². The summed E-state index contributed by atoms with van der Waals surface area (Å²) in [6.07, 6.45) is 4.86. The lowest BCUT2D eigenvalue weighted by atomic mass is 9.72. The van der Waals surface area contributed by atoms with E-state index in [2.05, 4.69) is 29.4 Å². The topological polar surface area (TPSA) is 86.7 Å². The van der Waals surface area contributed by atoms with E-state index in [9.17, 15) is 10.3 Å². The van der Waals surface area contributed by atoms with Gasteiger partial charge in [0.05, 0.1) is 14.2 Å². The van der Waals surface area contributed by atoms with E-state index in [-0.39, 0.29) is 16.7 Å². The number of quaternary nitrogens is 1. The highest BCUT2D eigenvalue weighted by molar-refractivity contribution is 5.86. The van der Waals surface area contributed by atoms with Gasteiger partial charge < -0.3 is 24.9 Å². The molecule has 3 aliphatic rings. The summed E-state index contributed by atoms with van der Waals surface area (Å²) >= 11 is 0. The number of phenols is 1. The SMILES string of the molecule is CC[C@H]1C[N@@+]2(O)CCc3cc(OC)c(OC)cc3[C@@H]2C[C@@H]1C[C@H]1NCCc2c1[nH]c1ccc(O)cc21. The number of hydrogen-bond acceptors (Lipinski definition) is 5. The third-order valence-electron chi connectivity index (χ3n) is 9.20. The third kappa shape index (κ3) is 3.76. The molecule has 36 heavy (non-hydrogen) atoms. The highest BCUT2D eigenvalue weighted by atomic mass is 16.5. The number of aromatic nitrogens is 1. The lowest BCUT2D eigenvalue weighted by Crippen LogP contribution is -2.58. The highest BCUT2D eigenvalue weighted by Gasteiger charge is 2.51. The van der Waals surface area contributed by atoms with Crippen molar-refractivity contribution in [3.63, 3.8) is 0 Å². The number of aromatic hydroxyl groups is 1. The lowest BCUT2D eigenvalue weighted by Gasteiger charge is -2.50. The number of aromatic amines is 1. The fourth-order valence-electron chi connectivity index (χ4n) is 7.32. The van der Waals surface area contributed by atoms with Gasteiger partial charge in [-0.05, 0) is 73.2 Å². The Morgan fingerprint density at radius 2 is 1.86 bits per heavy atom. The molecule has 0 radical (unpaired) electrons. The zero-order valence-corrected chi connectivity index (χ0v) is 21.5. The molecule has 0 amide bonds. The van der Waals surface area contributed by atoms with E-state index in [1.807, 2.05) is 12.1 Å². The molecule has 6 rings (SSSR count). The molecule has 0 aliphatic carbocycles. The molecule has 1 fully saturated rings. The maximum atomic E-state index is 11.9. The standard InChI is InChI=1S/C29H37N3O4/c1-4-17-16-32(34)10-8-18-13-27(35-2)28(36-3)15-22(18)26(32)12-19(17)11-25-29-21(7-9-30-25)23-14-20(33)5-6-24(23)31-29/h5-6,13-15,17,19,25-26,30-31,34H,4,7-12,16H2,1-3H3/p+1/t17-,19-,25+,26-,32-/m0/s1. The molecule has 0 spiro atoms. The molecule has 3 aliphatic heterocycles. The summed E-state index contributed by atoms with van der Waals surface area (Å²) in [5.74, 6) is 2.77. The van der Waals surface area contributed by atoms with Gasteiger partial charge in [-0.25, -0.2) is 5.21 Å². The fourth-order valence-corrected chi connectivity index (χ4v) is 7.32. The van der Waals surface area contributed by atoms with Gasteiger partial charge in [0.15, 0.2) is 11.5 Å². The Kier molecular flexibility index (Phi) is 5.90. The van der Waals surface area contributed by atoms with Crippen molar-refractivity contribution in [2.24, 2.45) is 11.8 Å². The fraction of sp³-hybridized carbons (Fsp3) is 0.517. The van der Waals surface area contributed by atoms with Crippen molar-refractivity contribution in [2.75, 3.05) is 33.9 Å². The van der Waals surface area contributed by atoms with Gasteiger partial charge in [-0.15, -0.1) is 0 Å². The van der Waals surface area contributed by atoms with Gasteiger partial charge in [-0.3, -0.25) is 0 Å². The van der Waals surface area contributed by atoms with E-state index in [1.54, 1.807) is 20.3 Å². The van der Waals surface area contributed by atoms with Crippen LogP contribution in [-0.4, -0.2) is 53.8 Å². The van der Waals surface area contributed by atoms with Crippen LogP contribution >= 0.6 is 0 Å². The van der Waals surface area contributed by atoms with E-state index in [1.165, 1.54) is 22.4 Å². The van der Waals surface area contributed by atoms with Crippen molar-refractivity contribution in [1.82, 2.24) is 10.3 Å². The zero-order valence-electron chi connectivity index (χ0n) is 21.5. The van der Waals surface area contributed by atoms with E-state index < -0.39 is 0 Å². The van der Waals surface area contributed by atoms with Crippen molar-refractivity contribution in [2.45, 2.75) is 51.1 Å². The maximum Gasteiger partial charge on any atom is 0.161 e. The second-order valence-corrected chi connectivity index (χ2v) is 11.0. The van der Waals surface area contributed by atoms with Crippen LogP contribution in [0.1, 0.15) is 60.7 Å². The number of fused-ring (bicyclic) bond motifs is 6. The molecule has 5 atom stereocenters.